The molecule has 106 valence electrons. The molecular weight excluding hydrogens is 258 g/mol. The minimum atomic E-state index is 0.325. The normalized spacial score (nSPS) is 20.3. The summed E-state index contributed by atoms with van der Waals surface area (Å²) in [5, 5.41) is 0. The molecule has 1 aromatic rings. The van der Waals surface area contributed by atoms with E-state index < -0.39 is 0 Å². The van der Waals surface area contributed by atoms with Crippen molar-refractivity contribution in [3.63, 3.8) is 0 Å². The van der Waals surface area contributed by atoms with Gasteiger partial charge in [-0.15, -0.1) is 0 Å². The fourth-order valence-corrected chi connectivity index (χ4v) is 3.38. The third-order valence-corrected chi connectivity index (χ3v) is 4.67. The van der Waals surface area contributed by atoms with Gasteiger partial charge in [-0.1, -0.05) is 13.0 Å². The van der Waals surface area contributed by atoms with Crippen molar-refractivity contribution in [3.8, 4) is 11.5 Å². The van der Waals surface area contributed by atoms with Crippen LogP contribution in [-0.2, 0) is 0 Å². The van der Waals surface area contributed by atoms with E-state index in [-0.39, 0.29) is 0 Å². The van der Waals surface area contributed by atoms with E-state index in [1.54, 1.807) is 7.11 Å². The van der Waals surface area contributed by atoms with E-state index in [1.165, 1.54) is 11.3 Å². The molecule has 1 aromatic carbocycles. The lowest BCUT2D eigenvalue weighted by Gasteiger charge is -2.18. The number of ether oxygens (including phenoxy) is 2. The second-order valence-corrected chi connectivity index (χ2v) is 6.14. The Hall–Kier alpha value is -0.870. The van der Waals surface area contributed by atoms with Crippen LogP contribution in [0.25, 0.3) is 0 Å². The Morgan fingerprint density at radius 2 is 2.26 bits per heavy atom. The summed E-state index contributed by atoms with van der Waals surface area (Å²) in [7, 11) is 1.70. The van der Waals surface area contributed by atoms with Gasteiger partial charge in [0.15, 0.2) is 11.5 Å². The molecule has 1 aliphatic heterocycles. The van der Waals surface area contributed by atoms with Crippen LogP contribution >= 0.6 is 11.8 Å². The summed E-state index contributed by atoms with van der Waals surface area (Å²) in [5.74, 6) is 4.42. The van der Waals surface area contributed by atoms with E-state index in [1.807, 2.05) is 17.8 Å². The third kappa shape index (κ3) is 3.80. The molecule has 0 bridgehead atoms. The van der Waals surface area contributed by atoms with Crippen LogP contribution in [0.3, 0.4) is 0 Å². The Labute approximate surface area is 119 Å². The van der Waals surface area contributed by atoms with Crippen molar-refractivity contribution < 1.29 is 9.47 Å². The molecule has 2 unspecified atom stereocenters. The molecular formula is C15H23NO2S. The van der Waals surface area contributed by atoms with Gasteiger partial charge < -0.3 is 15.2 Å². The minimum absolute atomic E-state index is 0.325. The standard InChI is InChI=1S/C15H23NO2S/c1-11(5-7-16)12-3-4-14(15(9-12)17-2)18-13-6-8-19-10-13/h3-4,9,11,13H,5-8,10,16H2,1-2H3. The van der Waals surface area contributed by atoms with Gasteiger partial charge in [-0.25, -0.2) is 0 Å². The van der Waals surface area contributed by atoms with Crippen molar-refractivity contribution in [1.29, 1.82) is 0 Å². The molecule has 1 aliphatic rings. The number of thioether (sulfide) groups is 1. The molecule has 2 rings (SSSR count). The zero-order valence-electron chi connectivity index (χ0n) is 11.7. The van der Waals surface area contributed by atoms with E-state index in [0.29, 0.717) is 18.6 Å². The molecule has 4 heteroatoms. The number of benzene rings is 1. The lowest BCUT2D eigenvalue weighted by Crippen LogP contribution is -2.15. The minimum Gasteiger partial charge on any atom is -0.493 e. The van der Waals surface area contributed by atoms with Gasteiger partial charge in [0.1, 0.15) is 6.10 Å². The highest BCUT2D eigenvalue weighted by atomic mass is 32.2. The molecule has 0 aromatic heterocycles. The van der Waals surface area contributed by atoms with Crippen molar-refractivity contribution in [3.05, 3.63) is 23.8 Å². The zero-order valence-corrected chi connectivity index (χ0v) is 12.5. The molecule has 1 heterocycles. The smallest absolute Gasteiger partial charge is 0.161 e. The van der Waals surface area contributed by atoms with Gasteiger partial charge in [0.2, 0.25) is 0 Å². The van der Waals surface area contributed by atoms with E-state index >= 15 is 0 Å². The van der Waals surface area contributed by atoms with Gasteiger partial charge in [-0.2, -0.15) is 11.8 Å². The SMILES string of the molecule is COc1cc(C(C)CCN)ccc1OC1CCSC1. The number of rotatable bonds is 6. The summed E-state index contributed by atoms with van der Waals surface area (Å²) < 4.78 is 11.5. The zero-order chi connectivity index (χ0) is 13.7. The van der Waals surface area contributed by atoms with Crippen molar-refractivity contribution in [2.45, 2.75) is 31.8 Å². The van der Waals surface area contributed by atoms with E-state index in [2.05, 4.69) is 19.1 Å². The molecule has 0 saturated carbocycles. The van der Waals surface area contributed by atoms with Crippen LogP contribution in [0.1, 0.15) is 31.2 Å². The predicted octanol–water partition coefficient (Wildman–Crippen LogP) is 3.03. The first-order valence-corrected chi connectivity index (χ1v) is 8.02. The van der Waals surface area contributed by atoms with Crippen LogP contribution in [0.4, 0.5) is 0 Å². The van der Waals surface area contributed by atoms with E-state index in [4.69, 9.17) is 15.2 Å². The average molecular weight is 281 g/mol. The molecule has 3 nitrogen and oxygen atoms in total. The maximum absolute atomic E-state index is 6.02. The molecule has 2 atom stereocenters. The summed E-state index contributed by atoms with van der Waals surface area (Å²) in [4.78, 5) is 0. The molecule has 0 aliphatic carbocycles. The van der Waals surface area contributed by atoms with Gasteiger partial charge >= 0.3 is 0 Å². The monoisotopic (exact) mass is 281 g/mol. The van der Waals surface area contributed by atoms with Crippen molar-refractivity contribution in [2.75, 3.05) is 25.2 Å². The Morgan fingerprint density at radius 1 is 1.42 bits per heavy atom. The number of nitrogens with two attached hydrogens (primary N) is 1. The summed E-state index contributed by atoms with van der Waals surface area (Å²) in [6.45, 7) is 2.90. The first kappa shape index (κ1) is 14.5. The summed E-state index contributed by atoms with van der Waals surface area (Å²) in [6, 6.07) is 6.24. The number of hydrogen-bond acceptors (Lipinski definition) is 4. The second kappa shape index (κ2) is 7.06. The van der Waals surface area contributed by atoms with Crippen LogP contribution in [0.2, 0.25) is 0 Å². The Morgan fingerprint density at radius 3 is 2.89 bits per heavy atom. The summed E-state index contributed by atoms with van der Waals surface area (Å²) in [6.07, 6.45) is 2.44. The predicted molar refractivity (Wildman–Crippen MR) is 81.4 cm³/mol. The fourth-order valence-electron chi connectivity index (χ4n) is 2.29. The first-order valence-electron chi connectivity index (χ1n) is 6.87. The van der Waals surface area contributed by atoms with Crippen molar-refractivity contribution in [1.82, 2.24) is 0 Å². The molecule has 19 heavy (non-hydrogen) atoms. The highest BCUT2D eigenvalue weighted by molar-refractivity contribution is 7.99. The topological polar surface area (TPSA) is 44.5 Å². The van der Waals surface area contributed by atoms with Crippen molar-refractivity contribution in [2.24, 2.45) is 5.73 Å². The number of methoxy groups -OCH3 is 1. The molecule has 0 radical (unpaired) electrons. The van der Waals surface area contributed by atoms with E-state index in [0.717, 1.165) is 30.1 Å². The lowest BCUT2D eigenvalue weighted by atomic mass is 9.97. The molecule has 0 amide bonds. The maximum Gasteiger partial charge on any atom is 0.161 e. The van der Waals surface area contributed by atoms with E-state index in [9.17, 15) is 0 Å². The van der Waals surface area contributed by atoms with Gasteiger partial charge in [0.25, 0.3) is 0 Å². The van der Waals surface area contributed by atoms with Crippen molar-refractivity contribution >= 4 is 11.8 Å². The average Bonchev–Trinajstić information content (AvgIpc) is 2.92. The molecule has 1 saturated heterocycles. The highest BCUT2D eigenvalue weighted by Crippen LogP contribution is 2.34. The van der Waals surface area contributed by atoms with Crippen LogP contribution in [-0.4, -0.2) is 31.3 Å². The van der Waals surface area contributed by atoms with Gasteiger partial charge in [0.05, 0.1) is 7.11 Å². The summed E-state index contributed by atoms with van der Waals surface area (Å²) in [5.41, 5.74) is 6.88. The largest absolute Gasteiger partial charge is 0.493 e. The Bertz CT molecular complexity index is 405. The number of hydrogen-bond donors (Lipinski definition) is 1. The second-order valence-electron chi connectivity index (χ2n) is 4.99. The van der Waals surface area contributed by atoms with Crippen LogP contribution in [0.5, 0.6) is 11.5 Å². The maximum atomic E-state index is 6.02. The Kier molecular flexibility index (Phi) is 5.40. The lowest BCUT2D eigenvalue weighted by molar-refractivity contribution is 0.218. The van der Waals surface area contributed by atoms with Crippen LogP contribution in [0.15, 0.2) is 18.2 Å². The first-order chi connectivity index (χ1) is 9.24. The van der Waals surface area contributed by atoms with Gasteiger partial charge in [0, 0.05) is 5.75 Å². The van der Waals surface area contributed by atoms with Crippen LogP contribution in [0, 0.1) is 0 Å². The van der Waals surface area contributed by atoms with Gasteiger partial charge in [-0.05, 0) is 48.8 Å². The molecule has 0 spiro atoms. The quantitative estimate of drug-likeness (QED) is 0.870. The highest BCUT2D eigenvalue weighted by Gasteiger charge is 2.19. The molecule has 2 N–H and O–H groups in total. The fraction of sp³-hybridized carbons (Fsp3) is 0.600. The summed E-state index contributed by atoms with van der Waals surface area (Å²) >= 11 is 1.95. The Balaban J connectivity index is 2.11. The van der Waals surface area contributed by atoms with Crippen LogP contribution < -0.4 is 15.2 Å². The third-order valence-electron chi connectivity index (χ3n) is 3.54. The molecule has 1 fully saturated rings. The van der Waals surface area contributed by atoms with Gasteiger partial charge in [-0.3, -0.25) is 0 Å².